The van der Waals surface area contributed by atoms with Gasteiger partial charge in [0, 0.05) is 10.8 Å². The van der Waals surface area contributed by atoms with Crippen molar-refractivity contribution < 1.29 is 10.2 Å². The maximum absolute atomic E-state index is 10.1. The van der Waals surface area contributed by atoms with Crippen molar-refractivity contribution in [3.8, 4) is 0 Å². The summed E-state index contributed by atoms with van der Waals surface area (Å²) >= 11 is 0. The predicted molar refractivity (Wildman–Crippen MR) is 53.2 cm³/mol. The third-order valence-electron chi connectivity index (χ3n) is 4.44. The summed E-state index contributed by atoms with van der Waals surface area (Å²) in [5.41, 5.74) is -0.545. The van der Waals surface area contributed by atoms with Crippen molar-refractivity contribution in [2.45, 2.75) is 59.2 Å². The summed E-state index contributed by atoms with van der Waals surface area (Å²) in [5, 5.41) is 20.2. The van der Waals surface area contributed by atoms with Gasteiger partial charge in [-0.3, -0.25) is 0 Å². The first-order valence-electron chi connectivity index (χ1n) is 5.34. The topological polar surface area (TPSA) is 40.5 Å². The Bertz CT molecular complexity index is 194. The van der Waals surface area contributed by atoms with E-state index in [1.165, 1.54) is 0 Å². The monoisotopic (exact) mass is 186 g/mol. The van der Waals surface area contributed by atoms with E-state index in [9.17, 15) is 10.2 Å². The molecule has 0 aromatic carbocycles. The number of hydrogen-bond acceptors (Lipinski definition) is 2. The number of aliphatic hydroxyl groups is 2. The molecule has 1 unspecified atom stereocenters. The maximum atomic E-state index is 10.1. The quantitative estimate of drug-likeness (QED) is 0.664. The summed E-state index contributed by atoms with van der Waals surface area (Å²) < 4.78 is 0. The minimum atomic E-state index is -1.46. The molecular weight excluding hydrogens is 164 g/mol. The van der Waals surface area contributed by atoms with Crippen LogP contribution in [0.1, 0.15) is 53.4 Å². The molecule has 0 saturated heterocycles. The average molecular weight is 186 g/mol. The minimum absolute atomic E-state index is 0.252. The molecule has 0 aromatic heterocycles. The summed E-state index contributed by atoms with van der Waals surface area (Å²) in [4.78, 5) is 0. The van der Waals surface area contributed by atoms with Crippen molar-refractivity contribution >= 4 is 0 Å². The van der Waals surface area contributed by atoms with E-state index in [0.29, 0.717) is 0 Å². The van der Waals surface area contributed by atoms with E-state index < -0.39 is 5.79 Å². The molecular formula is C11H22O2. The van der Waals surface area contributed by atoms with Gasteiger partial charge in [-0.1, -0.05) is 27.7 Å². The zero-order valence-electron chi connectivity index (χ0n) is 9.22. The summed E-state index contributed by atoms with van der Waals surface area (Å²) in [6.07, 6.45) is 3.48. The first-order valence-corrected chi connectivity index (χ1v) is 5.34. The normalized spacial score (nSPS) is 35.5. The van der Waals surface area contributed by atoms with Gasteiger partial charge in [-0.25, -0.2) is 0 Å². The van der Waals surface area contributed by atoms with Gasteiger partial charge in [0.15, 0.2) is 5.79 Å². The Hall–Kier alpha value is -0.0800. The molecule has 2 nitrogen and oxygen atoms in total. The first kappa shape index (κ1) is 11.0. The van der Waals surface area contributed by atoms with Crippen LogP contribution in [0.5, 0.6) is 0 Å². The van der Waals surface area contributed by atoms with Crippen molar-refractivity contribution in [3.05, 3.63) is 0 Å². The van der Waals surface area contributed by atoms with Crippen molar-refractivity contribution in [2.24, 2.45) is 10.8 Å². The highest BCUT2D eigenvalue weighted by atomic mass is 16.5. The van der Waals surface area contributed by atoms with Crippen LogP contribution in [0.4, 0.5) is 0 Å². The van der Waals surface area contributed by atoms with Crippen molar-refractivity contribution in [2.75, 3.05) is 0 Å². The van der Waals surface area contributed by atoms with E-state index in [4.69, 9.17) is 0 Å². The highest BCUT2D eigenvalue weighted by molar-refractivity contribution is 5.12. The lowest BCUT2D eigenvalue weighted by Gasteiger charge is -2.64. The first-order chi connectivity index (χ1) is 5.89. The third kappa shape index (κ3) is 1.08. The predicted octanol–water partition coefficient (Wildman–Crippen LogP) is 2.29. The standard InChI is InChI=1S/C11H22O2/c1-5-9(4)8-10(6-2,7-3)11(9,12)13/h12-13H,5-8H2,1-4H3. The molecule has 0 amide bonds. The highest BCUT2D eigenvalue weighted by Gasteiger charge is 2.68. The van der Waals surface area contributed by atoms with Crippen LogP contribution in [0, 0.1) is 10.8 Å². The molecule has 0 bridgehead atoms. The SMILES string of the molecule is CCC1(C)CC(CC)(CC)C1(O)O. The lowest BCUT2D eigenvalue weighted by atomic mass is 9.45. The van der Waals surface area contributed by atoms with E-state index in [1.54, 1.807) is 0 Å². The Kier molecular flexibility index (Phi) is 2.50. The summed E-state index contributed by atoms with van der Waals surface area (Å²) in [5.74, 6) is -1.46. The van der Waals surface area contributed by atoms with Gasteiger partial charge in [-0.05, 0) is 25.7 Å². The maximum Gasteiger partial charge on any atom is 0.173 e. The molecule has 2 N–H and O–H groups in total. The third-order valence-corrected chi connectivity index (χ3v) is 4.44. The van der Waals surface area contributed by atoms with Crippen LogP contribution in [0.3, 0.4) is 0 Å². The summed E-state index contributed by atoms with van der Waals surface area (Å²) in [6.45, 7) is 8.08. The second kappa shape index (κ2) is 2.96. The van der Waals surface area contributed by atoms with Crippen molar-refractivity contribution in [1.29, 1.82) is 0 Å². The molecule has 1 fully saturated rings. The van der Waals surface area contributed by atoms with Crippen LogP contribution in [-0.4, -0.2) is 16.0 Å². The largest absolute Gasteiger partial charge is 0.365 e. The van der Waals surface area contributed by atoms with Gasteiger partial charge in [0.2, 0.25) is 0 Å². The number of hydrogen-bond donors (Lipinski definition) is 2. The van der Waals surface area contributed by atoms with Gasteiger partial charge in [0.25, 0.3) is 0 Å². The van der Waals surface area contributed by atoms with Crippen LogP contribution in [-0.2, 0) is 0 Å². The van der Waals surface area contributed by atoms with Gasteiger partial charge in [-0.15, -0.1) is 0 Å². The van der Waals surface area contributed by atoms with Gasteiger partial charge in [-0.2, -0.15) is 0 Å². The van der Waals surface area contributed by atoms with Crippen molar-refractivity contribution in [3.63, 3.8) is 0 Å². The minimum Gasteiger partial charge on any atom is -0.365 e. The molecule has 1 atom stereocenters. The fourth-order valence-electron chi connectivity index (χ4n) is 2.89. The van der Waals surface area contributed by atoms with Crippen LogP contribution < -0.4 is 0 Å². The molecule has 0 radical (unpaired) electrons. The van der Waals surface area contributed by atoms with Crippen LogP contribution >= 0.6 is 0 Å². The molecule has 0 aromatic rings. The number of rotatable bonds is 3. The van der Waals surface area contributed by atoms with Gasteiger partial charge < -0.3 is 10.2 Å². The fraction of sp³-hybridized carbons (Fsp3) is 1.00. The molecule has 13 heavy (non-hydrogen) atoms. The molecule has 78 valence electrons. The van der Waals surface area contributed by atoms with Crippen LogP contribution in [0.25, 0.3) is 0 Å². The summed E-state index contributed by atoms with van der Waals surface area (Å²) in [6, 6.07) is 0. The molecule has 0 heterocycles. The Morgan fingerprint density at radius 3 is 1.69 bits per heavy atom. The van der Waals surface area contributed by atoms with Crippen LogP contribution in [0.2, 0.25) is 0 Å². The van der Waals surface area contributed by atoms with E-state index in [1.807, 2.05) is 27.7 Å². The van der Waals surface area contributed by atoms with Gasteiger partial charge in [0.05, 0.1) is 0 Å². The molecule has 1 rings (SSSR count). The molecule has 2 heteroatoms. The Balaban J connectivity index is 2.90. The van der Waals surface area contributed by atoms with Crippen LogP contribution in [0.15, 0.2) is 0 Å². The second-order valence-electron chi connectivity index (χ2n) is 4.75. The fourth-order valence-corrected chi connectivity index (χ4v) is 2.89. The van der Waals surface area contributed by atoms with Gasteiger partial charge >= 0.3 is 0 Å². The lowest BCUT2D eigenvalue weighted by Crippen LogP contribution is -2.69. The Morgan fingerprint density at radius 2 is 1.46 bits per heavy atom. The second-order valence-corrected chi connectivity index (χ2v) is 4.75. The molecule has 0 spiro atoms. The Labute approximate surface area is 81.0 Å². The van der Waals surface area contributed by atoms with E-state index >= 15 is 0 Å². The zero-order chi connectivity index (χ0) is 10.3. The molecule has 1 aliphatic carbocycles. The molecule has 1 aliphatic rings. The van der Waals surface area contributed by atoms with E-state index in [0.717, 1.165) is 25.7 Å². The molecule has 0 aliphatic heterocycles. The van der Waals surface area contributed by atoms with E-state index in [2.05, 4.69) is 0 Å². The summed E-state index contributed by atoms with van der Waals surface area (Å²) in [7, 11) is 0. The zero-order valence-corrected chi connectivity index (χ0v) is 9.22. The average Bonchev–Trinajstić information content (AvgIpc) is 2.13. The van der Waals surface area contributed by atoms with E-state index in [-0.39, 0.29) is 10.8 Å². The lowest BCUT2D eigenvalue weighted by molar-refractivity contribution is -0.385. The Morgan fingerprint density at radius 1 is 1.00 bits per heavy atom. The smallest absolute Gasteiger partial charge is 0.173 e. The highest BCUT2D eigenvalue weighted by Crippen LogP contribution is 2.65. The van der Waals surface area contributed by atoms with Gasteiger partial charge in [0.1, 0.15) is 0 Å². The molecule has 1 saturated carbocycles. The van der Waals surface area contributed by atoms with Crippen molar-refractivity contribution in [1.82, 2.24) is 0 Å².